The number of hydrogen-bond donors (Lipinski definition) is 0. The zero-order valence-electron chi connectivity index (χ0n) is 29.5. The van der Waals surface area contributed by atoms with Crippen molar-refractivity contribution in [2.45, 2.75) is 6.42 Å². The molecule has 6 aromatic carbocycles. The SMILES string of the molecule is c1cc(N(c2ccc3c(c2)OCO3)c2ccc3c(c2)OCO3)ccc1OCCCOc1ccc(N(c2ccc3c(c2)OCO3)c2ccc3c(c2)OCO3)cc1. The molecule has 0 saturated heterocycles. The van der Waals surface area contributed by atoms with E-state index in [2.05, 4.69) is 9.80 Å². The van der Waals surface area contributed by atoms with Crippen molar-refractivity contribution < 1.29 is 47.4 Å². The number of anilines is 6. The van der Waals surface area contributed by atoms with Gasteiger partial charge in [-0.05, 0) is 97.1 Å². The molecule has 10 rings (SSSR count). The smallest absolute Gasteiger partial charge is 0.231 e. The molecule has 0 saturated carbocycles. The Labute approximate surface area is 316 Å². The van der Waals surface area contributed by atoms with Gasteiger partial charge in [0.2, 0.25) is 27.2 Å². The number of rotatable bonds is 12. The van der Waals surface area contributed by atoms with Gasteiger partial charge in [0.05, 0.1) is 36.0 Å². The van der Waals surface area contributed by atoms with E-state index in [-0.39, 0.29) is 27.2 Å². The normalized spacial score (nSPS) is 13.8. The van der Waals surface area contributed by atoms with Crippen LogP contribution >= 0.6 is 0 Å². The molecular weight excluding hydrogens is 704 g/mol. The van der Waals surface area contributed by atoms with Crippen LogP contribution in [-0.2, 0) is 0 Å². The third kappa shape index (κ3) is 6.48. The van der Waals surface area contributed by atoms with Gasteiger partial charge in [0.1, 0.15) is 11.5 Å². The van der Waals surface area contributed by atoms with Gasteiger partial charge in [-0.25, -0.2) is 0 Å². The van der Waals surface area contributed by atoms with Gasteiger partial charge in [-0.1, -0.05) is 0 Å². The van der Waals surface area contributed by atoms with Crippen molar-refractivity contribution in [3.8, 4) is 57.5 Å². The minimum atomic E-state index is 0.206. The standard InChI is InChI=1S/C43H34N2O10/c1(18-46-34-10-2-28(3-11-34)44(30-6-14-36-40(20-30)52-24-48-36)31-7-15-37-41(21-31)53-25-49-37)19-47-35-12-4-29(5-13-35)45(32-8-16-38-42(22-32)54-26-50-38)33-9-17-39-43(23-33)55-27-51-39/h2-17,20-23H,1,18-19,24-27H2. The van der Waals surface area contributed by atoms with E-state index in [9.17, 15) is 0 Å². The van der Waals surface area contributed by atoms with E-state index < -0.39 is 0 Å². The highest BCUT2D eigenvalue weighted by atomic mass is 16.7. The van der Waals surface area contributed by atoms with Gasteiger partial charge in [0.25, 0.3) is 0 Å². The Morgan fingerprint density at radius 3 is 0.909 bits per heavy atom. The molecule has 0 amide bonds. The van der Waals surface area contributed by atoms with Crippen molar-refractivity contribution in [2.75, 3.05) is 50.2 Å². The maximum Gasteiger partial charge on any atom is 0.231 e. The first kappa shape index (κ1) is 32.6. The molecule has 276 valence electrons. The number of nitrogens with zero attached hydrogens (tertiary/aromatic N) is 2. The highest BCUT2D eigenvalue weighted by molar-refractivity contribution is 5.81. The van der Waals surface area contributed by atoms with Crippen LogP contribution in [0.3, 0.4) is 0 Å². The van der Waals surface area contributed by atoms with Crippen LogP contribution in [0.2, 0.25) is 0 Å². The van der Waals surface area contributed by atoms with Gasteiger partial charge in [-0.2, -0.15) is 0 Å². The van der Waals surface area contributed by atoms with E-state index in [0.717, 1.165) is 68.6 Å². The van der Waals surface area contributed by atoms with Crippen LogP contribution in [0.25, 0.3) is 0 Å². The van der Waals surface area contributed by atoms with Crippen molar-refractivity contribution in [3.63, 3.8) is 0 Å². The molecule has 6 aromatic rings. The van der Waals surface area contributed by atoms with E-state index in [1.165, 1.54) is 0 Å². The van der Waals surface area contributed by atoms with Gasteiger partial charge >= 0.3 is 0 Å². The Hall–Kier alpha value is -7.08. The predicted molar refractivity (Wildman–Crippen MR) is 202 cm³/mol. The molecule has 0 N–H and O–H groups in total. The number of benzene rings is 6. The third-order valence-electron chi connectivity index (χ3n) is 9.47. The van der Waals surface area contributed by atoms with Crippen LogP contribution < -0.4 is 57.2 Å². The summed E-state index contributed by atoms with van der Waals surface area (Å²) in [7, 11) is 0. The second-order valence-corrected chi connectivity index (χ2v) is 12.9. The average molecular weight is 739 g/mol. The highest BCUT2D eigenvalue weighted by Gasteiger charge is 2.23. The molecule has 55 heavy (non-hydrogen) atoms. The quantitative estimate of drug-likeness (QED) is 0.112. The molecule has 0 spiro atoms. The Balaban J connectivity index is 0.786. The Morgan fingerprint density at radius 2 is 0.600 bits per heavy atom. The molecule has 0 bridgehead atoms. The maximum atomic E-state index is 6.11. The minimum Gasteiger partial charge on any atom is -0.493 e. The lowest BCUT2D eigenvalue weighted by molar-refractivity contribution is 0.173. The average Bonchev–Trinajstić information content (AvgIpc) is 4.06. The molecule has 4 aliphatic heterocycles. The van der Waals surface area contributed by atoms with Gasteiger partial charge in [0, 0.05) is 42.1 Å². The van der Waals surface area contributed by atoms with Gasteiger partial charge in [-0.15, -0.1) is 0 Å². The Kier molecular flexibility index (Phi) is 8.32. The predicted octanol–water partition coefficient (Wildman–Crippen LogP) is 9.39. The van der Waals surface area contributed by atoms with Crippen molar-refractivity contribution in [3.05, 3.63) is 121 Å². The summed E-state index contributed by atoms with van der Waals surface area (Å²) >= 11 is 0. The second kappa shape index (κ2) is 14.0. The molecule has 12 heteroatoms. The monoisotopic (exact) mass is 738 g/mol. The third-order valence-corrected chi connectivity index (χ3v) is 9.47. The lowest BCUT2D eigenvalue weighted by Gasteiger charge is -2.26. The minimum absolute atomic E-state index is 0.206. The van der Waals surface area contributed by atoms with Crippen LogP contribution in [0.1, 0.15) is 6.42 Å². The van der Waals surface area contributed by atoms with E-state index in [1.807, 2.05) is 121 Å². The second-order valence-electron chi connectivity index (χ2n) is 12.9. The molecule has 0 radical (unpaired) electrons. The molecule has 0 unspecified atom stereocenters. The lowest BCUT2D eigenvalue weighted by Crippen LogP contribution is -2.10. The summed E-state index contributed by atoms with van der Waals surface area (Å²) < 4.78 is 57.1. The van der Waals surface area contributed by atoms with E-state index >= 15 is 0 Å². The van der Waals surface area contributed by atoms with Crippen LogP contribution in [0.4, 0.5) is 34.1 Å². The van der Waals surface area contributed by atoms with Crippen molar-refractivity contribution in [2.24, 2.45) is 0 Å². The van der Waals surface area contributed by atoms with E-state index in [0.29, 0.717) is 42.6 Å². The largest absolute Gasteiger partial charge is 0.493 e. The Morgan fingerprint density at radius 1 is 0.327 bits per heavy atom. The van der Waals surface area contributed by atoms with Gasteiger partial charge in [-0.3, -0.25) is 0 Å². The molecule has 0 aliphatic carbocycles. The molecule has 12 nitrogen and oxygen atoms in total. The topological polar surface area (TPSA) is 98.8 Å². The number of ether oxygens (including phenoxy) is 10. The van der Waals surface area contributed by atoms with E-state index in [1.54, 1.807) is 0 Å². The molecule has 0 fully saturated rings. The number of hydrogen-bond acceptors (Lipinski definition) is 12. The molecule has 0 aromatic heterocycles. The fourth-order valence-electron chi connectivity index (χ4n) is 6.81. The van der Waals surface area contributed by atoms with Crippen molar-refractivity contribution >= 4 is 34.1 Å². The first-order chi connectivity index (χ1) is 27.2. The summed E-state index contributed by atoms with van der Waals surface area (Å²) in [5.41, 5.74) is 5.53. The first-order valence-corrected chi connectivity index (χ1v) is 17.9. The zero-order valence-corrected chi connectivity index (χ0v) is 29.5. The lowest BCUT2D eigenvalue weighted by atomic mass is 10.1. The van der Waals surface area contributed by atoms with Crippen LogP contribution in [0, 0.1) is 0 Å². The number of fused-ring (bicyclic) bond motifs is 4. The van der Waals surface area contributed by atoms with Crippen molar-refractivity contribution in [1.82, 2.24) is 0 Å². The zero-order chi connectivity index (χ0) is 36.6. The first-order valence-electron chi connectivity index (χ1n) is 17.9. The summed E-state index contributed by atoms with van der Waals surface area (Å²) in [6.07, 6.45) is 0.699. The molecular formula is C43H34N2O10. The summed E-state index contributed by atoms with van der Waals surface area (Å²) in [4.78, 5) is 4.24. The van der Waals surface area contributed by atoms with Gasteiger partial charge in [0.15, 0.2) is 46.0 Å². The summed E-state index contributed by atoms with van der Waals surface area (Å²) in [6, 6.07) is 39.6. The van der Waals surface area contributed by atoms with Crippen LogP contribution in [-0.4, -0.2) is 40.4 Å². The van der Waals surface area contributed by atoms with Crippen LogP contribution in [0.15, 0.2) is 121 Å². The molecule has 4 aliphatic rings. The van der Waals surface area contributed by atoms with Crippen LogP contribution in [0.5, 0.6) is 57.5 Å². The molecule has 4 heterocycles. The molecule has 0 atom stereocenters. The highest BCUT2D eigenvalue weighted by Crippen LogP contribution is 2.46. The fourth-order valence-corrected chi connectivity index (χ4v) is 6.81. The summed E-state index contributed by atoms with van der Waals surface area (Å²) in [5, 5.41) is 0. The summed E-state index contributed by atoms with van der Waals surface area (Å²) in [6.45, 7) is 1.81. The Bertz CT molecular complexity index is 2070. The maximum absolute atomic E-state index is 6.11. The fraction of sp³-hybridized carbons (Fsp3) is 0.163. The van der Waals surface area contributed by atoms with Gasteiger partial charge < -0.3 is 57.2 Å². The van der Waals surface area contributed by atoms with E-state index in [4.69, 9.17) is 47.4 Å². The summed E-state index contributed by atoms with van der Waals surface area (Å²) in [5.74, 6) is 7.21. The van der Waals surface area contributed by atoms with Crippen molar-refractivity contribution in [1.29, 1.82) is 0 Å².